The van der Waals surface area contributed by atoms with Gasteiger partial charge in [0.25, 0.3) is 11.5 Å². The summed E-state index contributed by atoms with van der Waals surface area (Å²) < 4.78 is 2.05. The van der Waals surface area contributed by atoms with Gasteiger partial charge in [-0.2, -0.15) is 0 Å². The average Bonchev–Trinajstić information content (AvgIpc) is 3.07. The van der Waals surface area contributed by atoms with Crippen LogP contribution < -0.4 is 5.56 Å². The highest BCUT2D eigenvalue weighted by Gasteiger charge is 2.32. The quantitative estimate of drug-likeness (QED) is 0.180. The standard InChI is InChI=1S/C24H23N3O2S3/c1-2-3-4-9-15-27-23(29)19(32-24(27)30)16-18-21(31-17-11-6-5-7-12-17)25-20-13-8-10-14-26(20)22(18)28/h5-8,10-14,16H,2-4,9,15H2,1H3/b19-16-. The average molecular weight is 482 g/mol. The Hall–Kier alpha value is -2.42. The Morgan fingerprint density at radius 2 is 1.84 bits per heavy atom. The lowest BCUT2D eigenvalue weighted by Gasteiger charge is -2.13. The third kappa shape index (κ3) is 4.98. The van der Waals surface area contributed by atoms with Crippen LogP contribution in [0.5, 0.6) is 0 Å². The summed E-state index contributed by atoms with van der Waals surface area (Å²) in [5, 5.41) is 0.570. The van der Waals surface area contributed by atoms with Crippen molar-refractivity contribution < 1.29 is 4.79 Å². The second-order valence-corrected chi connectivity index (χ2v) is 10.1. The summed E-state index contributed by atoms with van der Waals surface area (Å²) in [5.74, 6) is -0.135. The predicted molar refractivity (Wildman–Crippen MR) is 136 cm³/mol. The Morgan fingerprint density at radius 1 is 1.06 bits per heavy atom. The van der Waals surface area contributed by atoms with E-state index in [1.165, 1.54) is 27.9 Å². The molecule has 1 aliphatic rings. The molecule has 0 aliphatic carbocycles. The number of benzene rings is 1. The fourth-order valence-electron chi connectivity index (χ4n) is 3.40. The van der Waals surface area contributed by atoms with Crippen molar-refractivity contribution in [1.82, 2.24) is 14.3 Å². The Labute approximate surface area is 200 Å². The number of hydrogen-bond donors (Lipinski definition) is 0. The highest BCUT2D eigenvalue weighted by atomic mass is 32.2. The second kappa shape index (κ2) is 10.5. The lowest BCUT2D eigenvalue weighted by Crippen LogP contribution is -2.29. The molecule has 0 spiro atoms. The first-order valence-electron chi connectivity index (χ1n) is 10.6. The zero-order valence-corrected chi connectivity index (χ0v) is 20.1. The Balaban J connectivity index is 1.71. The van der Waals surface area contributed by atoms with Gasteiger partial charge in [-0.15, -0.1) is 0 Å². The minimum Gasteiger partial charge on any atom is -0.293 e. The molecule has 1 amide bonds. The predicted octanol–water partition coefficient (Wildman–Crippen LogP) is 5.63. The molecule has 1 aromatic carbocycles. The van der Waals surface area contributed by atoms with E-state index in [0.29, 0.717) is 32.0 Å². The fraction of sp³-hybridized carbons (Fsp3) is 0.250. The van der Waals surface area contributed by atoms with E-state index in [4.69, 9.17) is 17.2 Å². The summed E-state index contributed by atoms with van der Waals surface area (Å²) in [6.45, 7) is 2.77. The molecular weight excluding hydrogens is 458 g/mol. The van der Waals surface area contributed by atoms with Gasteiger partial charge in [0.2, 0.25) is 0 Å². The minimum atomic E-state index is -0.206. The molecule has 0 N–H and O–H groups in total. The van der Waals surface area contributed by atoms with Crippen molar-refractivity contribution in [3.05, 3.63) is 75.6 Å². The zero-order chi connectivity index (χ0) is 22.5. The molecule has 164 valence electrons. The van der Waals surface area contributed by atoms with Crippen molar-refractivity contribution in [3.63, 3.8) is 0 Å². The maximum atomic E-state index is 13.3. The van der Waals surface area contributed by atoms with Crippen LogP contribution in [0.15, 0.2) is 74.3 Å². The van der Waals surface area contributed by atoms with E-state index in [2.05, 4.69) is 6.92 Å². The van der Waals surface area contributed by atoms with E-state index < -0.39 is 0 Å². The van der Waals surface area contributed by atoms with Crippen LogP contribution in [0.3, 0.4) is 0 Å². The van der Waals surface area contributed by atoms with Gasteiger partial charge in [-0.05, 0) is 36.8 Å². The number of carbonyl (C=O) groups excluding carboxylic acids is 1. The number of rotatable bonds is 8. The van der Waals surface area contributed by atoms with Crippen molar-refractivity contribution in [2.45, 2.75) is 42.5 Å². The van der Waals surface area contributed by atoms with Crippen LogP contribution in [0.1, 0.15) is 38.2 Å². The number of thioether (sulfide) groups is 1. The van der Waals surface area contributed by atoms with E-state index in [1.54, 1.807) is 29.3 Å². The maximum absolute atomic E-state index is 13.3. The number of carbonyl (C=O) groups is 1. The molecule has 1 fully saturated rings. The molecule has 0 saturated carbocycles. The number of amides is 1. The molecule has 3 aromatic rings. The van der Waals surface area contributed by atoms with Gasteiger partial charge in [-0.1, -0.05) is 86.2 Å². The zero-order valence-electron chi connectivity index (χ0n) is 17.7. The molecule has 0 radical (unpaired) electrons. The van der Waals surface area contributed by atoms with Gasteiger partial charge in [0, 0.05) is 17.6 Å². The van der Waals surface area contributed by atoms with Crippen molar-refractivity contribution in [1.29, 1.82) is 0 Å². The smallest absolute Gasteiger partial charge is 0.266 e. The first-order chi connectivity index (χ1) is 15.6. The molecule has 2 aromatic heterocycles. The number of pyridine rings is 1. The number of hydrogen-bond acceptors (Lipinski definition) is 6. The van der Waals surface area contributed by atoms with E-state index in [1.807, 2.05) is 36.4 Å². The topological polar surface area (TPSA) is 54.7 Å². The molecule has 1 saturated heterocycles. The first-order valence-corrected chi connectivity index (χ1v) is 12.6. The third-order valence-corrected chi connectivity index (χ3v) is 7.47. The molecule has 1 aliphatic heterocycles. The van der Waals surface area contributed by atoms with Crippen molar-refractivity contribution in [3.8, 4) is 0 Å². The number of aromatic nitrogens is 2. The largest absolute Gasteiger partial charge is 0.293 e. The number of thiocarbonyl (C=S) groups is 1. The highest BCUT2D eigenvalue weighted by molar-refractivity contribution is 8.26. The summed E-state index contributed by atoms with van der Waals surface area (Å²) in [6.07, 6.45) is 7.62. The van der Waals surface area contributed by atoms with E-state index in [9.17, 15) is 9.59 Å². The van der Waals surface area contributed by atoms with Crippen LogP contribution in [0.4, 0.5) is 0 Å². The molecule has 0 atom stereocenters. The van der Waals surface area contributed by atoms with Gasteiger partial charge in [-0.3, -0.25) is 18.9 Å². The van der Waals surface area contributed by atoms with Crippen molar-refractivity contribution >= 4 is 57.7 Å². The molecule has 32 heavy (non-hydrogen) atoms. The van der Waals surface area contributed by atoms with Crippen molar-refractivity contribution in [2.75, 3.05) is 6.54 Å². The van der Waals surface area contributed by atoms with Gasteiger partial charge in [-0.25, -0.2) is 4.98 Å². The third-order valence-electron chi connectivity index (χ3n) is 5.08. The highest BCUT2D eigenvalue weighted by Crippen LogP contribution is 2.35. The van der Waals surface area contributed by atoms with E-state index in [-0.39, 0.29) is 11.5 Å². The van der Waals surface area contributed by atoms with Crippen LogP contribution in [0.2, 0.25) is 0 Å². The molecular formula is C24H23N3O2S3. The van der Waals surface area contributed by atoms with Crippen LogP contribution in [-0.4, -0.2) is 31.1 Å². The van der Waals surface area contributed by atoms with Crippen LogP contribution in [0, 0.1) is 0 Å². The Bertz CT molecular complexity index is 1240. The van der Waals surface area contributed by atoms with Crippen LogP contribution >= 0.6 is 35.7 Å². The van der Waals surface area contributed by atoms with Gasteiger partial charge < -0.3 is 0 Å². The molecule has 5 nitrogen and oxygen atoms in total. The summed E-state index contributed by atoms with van der Waals surface area (Å²) >= 11 is 8.13. The van der Waals surface area contributed by atoms with Crippen molar-refractivity contribution in [2.24, 2.45) is 0 Å². The Morgan fingerprint density at radius 3 is 2.62 bits per heavy atom. The summed E-state index contributed by atoms with van der Waals surface area (Å²) in [6, 6.07) is 15.2. The normalized spacial score (nSPS) is 15.3. The summed E-state index contributed by atoms with van der Waals surface area (Å²) in [4.78, 5) is 34.2. The molecule has 8 heteroatoms. The first kappa shape index (κ1) is 22.8. The monoisotopic (exact) mass is 481 g/mol. The lowest BCUT2D eigenvalue weighted by atomic mass is 10.2. The second-order valence-electron chi connectivity index (χ2n) is 7.37. The lowest BCUT2D eigenvalue weighted by molar-refractivity contribution is -0.122. The molecule has 0 unspecified atom stereocenters. The number of unbranched alkanes of at least 4 members (excludes halogenated alkanes) is 3. The Kier molecular flexibility index (Phi) is 7.44. The fourth-order valence-corrected chi connectivity index (χ4v) is 5.61. The van der Waals surface area contributed by atoms with Gasteiger partial charge in [0.05, 0.1) is 10.5 Å². The maximum Gasteiger partial charge on any atom is 0.266 e. The van der Waals surface area contributed by atoms with Gasteiger partial charge >= 0.3 is 0 Å². The van der Waals surface area contributed by atoms with Gasteiger partial charge in [0.15, 0.2) is 0 Å². The van der Waals surface area contributed by atoms with Crippen LogP contribution in [0.25, 0.3) is 11.7 Å². The molecule has 4 rings (SSSR count). The SMILES string of the molecule is CCCCCCN1C(=O)/C(=C/c2c(Sc3ccccc3)nc3ccccn3c2=O)SC1=S. The van der Waals surface area contributed by atoms with Crippen LogP contribution in [-0.2, 0) is 4.79 Å². The number of fused-ring (bicyclic) bond motifs is 1. The molecule has 0 bridgehead atoms. The van der Waals surface area contributed by atoms with E-state index in [0.717, 1.165) is 30.6 Å². The number of nitrogens with zero attached hydrogens (tertiary/aromatic N) is 3. The van der Waals surface area contributed by atoms with E-state index >= 15 is 0 Å². The molecule has 3 heterocycles. The summed E-state index contributed by atoms with van der Waals surface area (Å²) in [5.41, 5.74) is 0.757. The minimum absolute atomic E-state index is 0.135. The van der Waals surface area contributed by atoms with Gasteiger partial charge in [0.1, 0.15) is 15.0 Å². The summed E-state index contributed by atoms with van der Waals surface area (Å²) in [7, 11) is 0.